The summed E-state index contributed by atoms with van der Waals surface area (Å²) in [6.45, 7) is 3.11. The number of ether oxygens (including phenoxy) is 1. The Bertz CT molecular complexity index is 617. The summed E-state index contributed by atoms with van der Waals surface area (Å²) in [6, 6.07) is 1.75. The van der Waals surface area contributed by atoms with Crippen LogP contribution in [0.5, 0.6) is 0 Å². The van der Waals surface area contributed by atoms with E-state index >= 15 is 0 Å². The molecule has 0 unspecified atom stereocenters. The summed E-state index contributed by atoms with van der Waals surface area (Å²) in [4.78, 5) is 19.5. The molecule has 0 saturated heterocycles. The largest absolute Gasteiger partial charge is 0.360 e. The second-order valence-electron chi connectivity index (χ2n) is 5.65. The molecule has 20 heavy (non-hydrogen) atoms. The van der Waals surface area contributed by atoms with Gasteiger partial charge in [-0.15, -0.1) is 0 Å². The Morgan fingerprint density at radius 3 is 2.80 bits per heavy atom. The zero-order chi connectivity index (χ0) is 14.8. The van der Waals surface area contributed by atoms with Gasteiger partial charge in [-0.2, -0.15) is 0 Å². The molecule has 0 atom stereocenters. The number of fused-ring (bicyclic) bond motifs is 1. The van der Waals surface area contributed by atoms with Crippen molar-refractivity contribution in [2.75, 3.05) is 31.1 Å². The van der Waals surface area contributed by atoms with E-state index in [-0.39, 0.29) is 0 Å². The first-order valence-electron chi connectivity index (χ1n) is 6.42. The Morgan fingerprint density at radius 2 is 2.15 bits per heavy atom. The normalized spacial score (nSPS) is 12.8. The van der Waals surface area contributed by atoms with Crippen LogP contribution in [0.2, 0.25) is 0 Å². The minimum Gasteiger partial charge on any atom is -0.360 e. The number of carbonyl (C=O) groups is 1. The average molecular weight is 295 g/mol. The van der Waals surface area contributed by atoms with Gasteiger partial charge in [0, 0.05) is 17.5 Å². The van der Waals surface area contributed by atoms with E-state index in [9.17, 15) is 4.79 Å². The molecule has 2 aromatic rings. The van der Waals surface area contributed by atoms with E-state index in [1.54, 1.807) is 12.3 Å². The molecule has 0 saturated carbocycles. The third-order valence-corrected chi connectivity index (χ3v) is 4.38. The molecule has 5 nitrogen and oxygen atoms in total. The van der Waals surface area contributed by atoms with Crippen LogP contribution in [0.4, 0.5) is 0 Å². The van der Waals surface area contributed by atoms with Crippen molar-refractivity contribution in [2.24, 2.45) is 0 Å². The fourth-order valence-corrected chi connectivity index (χ4v) is 2.44. The molecule has 0 aliphatic rings. The van der Waals surface area contributed by atoms with Gasteiger partial charge in [-0.1, -0.05) is 0 Å². The summed E-state index contributed by atoms with van der Waals surface area (Å²) in [7, 11) is -0.531. The van der Waals surface area contributed by atoms with Crippen molar-refractivity contribution >= 4 is 27.5 Å². The lowest BCUT2D eigenvalue weighted by molar-refractivity contribution is 0.0906. The molecular formula is C14H21N3O2S. The summed E-state index contributed by atoms with van der Waals surface area (Å²) in [6.07, 6.45) is 9.17. The molecule has 0 radical (unpaired) electrons. The van der Waals surface area contributed by atoms with Crippen LogP contribution in [0.3, 0.4) is 0 Å². The lowest BCUT2D eigenvalue weighted by atomic mass is 10.3. The van der Waals surface area contributed by atoms with Gasteiger partial charge in [0.05, 0.1) is 6.61 Å². The fourth-order valence-electron chi connectivity index (χ4n) is 1.82. The van der Waals surface area contributed by atoms with Crippen LogP contribution >= 0.6 is 10.0 Å². The Hall–Kier alpha value is -1.40. The van der Waals surface area contributed by atoms with Crippen molar-refractivity contribution in [2.45, 2.75) is 13.7 Å². The maximum absolute atomic E-state index is 10.7. The van der Waals surface area contributed by atoms with Crippen LogP contribution in [0.15, 0.2) is 12.3 Å². The second kappa shape index (κ2) is 5.93. The molecule has 0 amide bonds. The number of nitrogens with zero attached hydrogens (tertiary/aromatic N) is 3. The van der Waals surface area contributed by atoms with Gasteiger partial charge in [0.25, 0.3) is 0 Å². The van der Waals surface area contributed by atoms with E-state index in [1.807, 2.05) is 11.5 Å². The number of aryl methyl sites for hydroxylation is 1. The van der Waals surface area contributed by atoms with Gasteiger partial charge >= 0.3 is 0 Å². The highest BCUT2D eigenvalue weighted by molar-refractivity contribution is 8.32. The van der Waals surface area contributed by atoms with Gasteiger partial charge in [0.2, 0.25) is 0 Å². The number of imidazole rings is 1. The molecule has 6 heteroatoms. The first-order chi connectivity index (χ1) is 9.40. The van der Waals surface area contributed by atoms with Crippen molar-refractivity contribution < 1.29 is 9.53 Å². The van der Waals surface area contributed by atoms with Crippen LogP contribution in [0.25, 0.3) is 11.2 Å². The van der Waals surface area contributed by atoms with Crippen LogP contribution in [-0.2, 0) is 11.5 Å². The number of aromatic nitrogens is 3. The third kappa shape index (κ3) is 3.58. The molecular weight excluding hydrogens is 274 g/mol. The third-order valence-electron chi connectivity index (χ3n) is 2.99. The van der Waals surface area contributed by atoms with Crippen LogP contribution in [0.1, 0.15) is 16.2 Å². The first kappa shape index (κ1) is 15.0. The summed E-state index contributed by atoms with van der Waals surface area (Å²) in [5, 5.41) is 0. The quantitative estimate of drug-likeness (QED) is 0.605. The number of carbonyl (C=O) groups excluding carboxylic acids is 1. The van der Waals surface area contributed by atoms with Crippen molar-refractivity contribution in [3.8, 4) is 0 Å². The number of hydrogen-bond donors (Lipinski definition) is 0. The van der Waals surface area contributed by atoms with Crippen molar-refractivity contribution in [3.05, 3.63) is 23.7 Å². The van der Waals surface area contributed by atoms with E-state index in [0.717, 1.165) is 35.6 Å². The van der Waals surface area contributed by atoms with E-state index in [1.165, 1.54) is 0 Å². The summed E-state index contributed by atoms with van der Waals surface area (Å²) >= 11 is 0. The van der Waals surface area contributed by atoms with Gasteiger partial charge < -0.3 is 4.74 Å². The van der Waals surface area contributed by atoms with Crippen molar-refractivity contribution in [1.82, 2.24) is 14.5 Å². The molecule has 0 fully saturated rings. The van der Waals surface area contributed by atoms with Crippen LogP contribution < -0.4 is 0 Å². The number of hydrogen-bond acceptors (Lipinski definition) is 4. The SMILES string of the molecule is Cc1nc2cc(C=O)cnc2n1COCCS(C)(C)C. The van der Waals surface area contributed by atoms with Gasteiger partial charge in [-0.05, 0) is 31.8 Å². The highest BCUT2D eigenvalue weighted by Gasteiger charge is 2.10. The number of rotatable bonds is 6. The average Bonchev–Trinajstić information content (AvgIpc) is 2.68. The minimum absolute atomic E-state index is 0.450. The molecule has 0 aromatic carbocycles. The van der Waals surface area contributed by atoms with E-state index in [2.05, 4.69) is 28.7 Å². The van der Waals surface area contributed by atoms with Gasteiger partial charge in [0.15, 0.2) is 11.9 Å². The molecule has 2 aromatic heterocycles. The van der Waals surface area contributed by atoms with E-state index < -0.39 is 10.0 Å². The van der Waals surface area contributed by atoms with Crippen LogP contribution in [-0.4, -0.2) is 51.9 Å². The summed E-state index contributed by atoms with van der Waals surface area (Å²) in [5.74, 6) is 1.93. The summed E-state index contributed by atoms with van der Waals surface area (Å²) in [5.41, 5.74) is 2.03. The van der Waals surface area contributed by atoms with Crippen molar-refractivity contribution in [3.63, 3.8) is 0 Å². The minimum atomic E-state index is -0.531. The van der Waals surface area contributed by atoms with Gasteiger partial charge in [-0.3, -0.25) is 9.36 Å². The maximum atomic E-state index is 10.7. The predicted octanol–water partition coefficient (Wildman–Crippen LogP) is 2.22. The number of pyridine rings is 1. The first-order valence-corrected chi connectivity index (χ1v) is 9.45. The van der Waals surface area contributed by atoms with Gasteiger partial charge in [-0.25, -0.2) is 20.0 Å². The zero-order valence-corrected chi connectivity index (χ0v) is 13.2. The molecule has 0 aliphatic heterocycles. The second-order valence-corrected chi connectivity index (χ2v) is 10.2. The maximum Gasteiger partial charge on any atom is 0.161 e. The highest BCUT2D eigenvalue weighted by atomic mass is 32.3. The van der Waals surface area contributed by atoms with E-state index in [4.69, 9.17) is 4.74 Å². The molecule has 110 valence electrons. The lowest BCUT2D eigenvalue weighted by Gasteiger charge is -2.24. The Balaban J connectivity index is 2.10. The molecule has 2 heterocycles. The van der Waals surface area contributed by atoms with E-state index in [0.29, 0.717) is 12.3 Å². The Kier molecular flexibility index (Phi) is 4.45. The summed E-state index contributed by atoms with van der Waals surface area (Å²) < 4.78 is 7.67. The molecule has 0 aliphatic carbocycles. The highest BCUT2D eigenvalue weighted by Crippen LogP contribution is 2.33. The lowest BCUT2D eigenvalue weighted by Crippen LogP contribution is -2.11. The Morgan fingerprint density at radius 1 is 1.40 bits per heavy atom. The smallest absolute Gasteiger partial charge is 0.161 e. The Labute approximate surface area is 120 Å². The molecule has 0 bridgehead atoms. The zero-order valence-electron chi connectivity index (χ0n) is 12.4. The number of aldehydes is 1. The molecule has 0 spiro atoms. The van der Waals surface area contributed by atoms with Crippen molar-refractivity contribution in [1.29, 1.82) is 0 Å². The van der Waals surface area contributed by atoms with Gasteiger partial charge in [0.1, 0.15) is 18.1 Å². The standard InChI is InChI=1S/C14H21N3O2S/c1-11-16-13-7-12(9-18)8-15-14(13)17(11)10-19-5-6-20(2,3)4/h7-9H,5-6,10H2,1-4H3. The monoisotopic (exact) mass is 295 g/mol. The fraction of sp³-hybridized carbons (Fsp3) is 0.500. The van der Waals surface area contributed by atoms with Crippen LogP contribution in [0, 0.1) is 6.92 Å². The topological polar surface area (TPSA) is 57.0 Å². The predicted molar refractivity (Wildman–Crippen MR) is 83.8 cm³/mol. The molecule has 2 rings (SSSR count). The molecule has 0 N–H and O–H groups in total.